The average molecular weight is 363 g/mol. The smallest absolute Gasteiger partial charge is 0.227 e. The molecule has 0 aliphatic carbocycles. The van der Waals surface area contributed by atoms with Gasteiger partial charge in [0.2, 0.25) is 17.6 Å². The molecule has 5 heteroatoms. The van der Waals surface area contributed by atoms with Crippen molar-refractivity contribution in [2.45, 2.75) is 45.6 Å². The first-order valence-corrected chi connectivity index (χ1v) is 9.43. The highest BCUT2D eigenvalue weighted by molar-refractivity contribution is 5.76. The molecule has 1 amide bonds. The highest BCUT2D eigenvalue weighted by atomic mass is 16.5. The topological polar surface area (TPSA) is 68.0 Å². The van der Waals surface area contributed by atoms with Crippen LogP contribution in [0.2, 0.25) is 0 Å². The predicted molar refractivity (Wildman–Crippen MR) is 106 cm³/mol. The van der Waals surface area contributed by atoms with Gasteiger partial charge in [-0.25, -0.2) is 0 Å². The Morgan fingerprint density at radius 3 is 2.41 bits per heavy atom. The maximum atomic E-state index is 11.9. The van der Waals surface area contributed by atoms with Crippen LogP contribution in [0, 0.1) is 0 Å². The average Bonchev–Trinajstić information content (AvgIpc) is 3.16. The number of rotatable bonds is 8. The Morgan fingerprint density at radius 1 is 1.04 bits per heavy atom. The van der Waals surface area contributed by atoms with Gasteiger partial charge in [0.15, 0.2) is 0 Å². The number of carbonyl (C=O) groups excluding carboxylic acids is 1. The molecular formula is C22H25N3O2. The lowest BCUT2D eigenvalue weighted by molar-refractivity contribution is -0.121. The Bertz CT molecular complexity index is 857. The van der Waals surface area contributed by atoms with Crippen molar-refractivity contribution in [2.24, 2.45) is 0 Å². The van der Waals surface area contributed by atoms with E-state index >= 15 is 0 Å². The molecule has 1 aromatic heterocycles. The second-order valence-electron chi connectivity index (χ2n) is 6.71. The normalized spacial score (nSPS) is 11.9. The quantitative estimate of drug-likeness (QED) is 0.633. The van der Waals surface area contributed by atoms with Gasteiger partial charge in [-0.2, -0.15) is 4.98 Å². The number of benzene rings is 2. The highest BCUT2D eigenvalue weighted by Gasteiger charge is 2.12. The molecule has 0 bridgehead atoms. The maximum Gasteiger partial charge on any atom is 0.227 e. The molecule has 27 heavy (non-hydrogen) atoms. The van der Waals surface area contributed by atoms with E-state index in [1.54, 1.807) is 0 Å². The fraction of sp³-hybridized carbons (Fsp3) is 0.318. The lowest BCUT2D eigenvalue weighted by atomic mass is 10.0. The predicted octanol–water partition coefficient (Wildman–Crippen LogP) is 4.64. The van der Waals surface area contributed by atoms with Crippen molar-refractivity contribution >= 4 is 5.91 Å². The van der Waals surface area contributed by atoms with Crippen LogP contribution in [-0.2, 0) is 11.2 Å². The molecule has 2 aromatic carbocycles. The summed E-state index contributed by atoms with van der Waals surface area (Å²) in [6.07, 6.45) is 2.83. The molecule has 3 rings (SSSR count). The summed E-state index contributed by atoms with van der Waals surface area (Å²) in [7, 11) is 0. The van der Waals surface area contributed by atoms with E-state index in [1.807, 2.05) is 49.4 Å². The van der Waals surface area contributed by atoms with E-state index in [-0.39, 0.29) is 11.9 Å². The third kappa shape index (κ3) is 5.26. The summed E-state index contributed by atoms with van der Waals surface area (Å²) in [6, 6.07) is 18.5. The number of hydrogen-bond donors (Lipinski definition) is 1. The van der Waals surface area contributed by atoms with Crippen LogP contribution in [0.4, 0.5) is 0 Å². The minimum Gasteiger partial charge on any atom is -0.354 e. The molecule has 0 aliphatic rings. The first kappa shape index (κ1) is 18.8. The van der Waals surface area contributed by atoms with Crippen LogP contribution in [0.3, 0.4) is 0 Å². The summed E-state index contributed by atoms with van der Waals surface area (Å²) in [5, 5.41) is 7.02. The zero-order valence-corrected chi connectivity index (χ0v) is 15.8. The summed E-state index contributed by atoms with van der Waals surface area (Å²) in [5.74, 6) is 1.04. The van der Waals surface area contributed by atoms with E-state index in [1.165, 1.54) is 5.56 Å². The van der Waals surface area contributed by atoms with Gasteiger partial charge >= 0.3 is 0 Å². The van der Waals surface area contributed by atoms with E-state index in [2.05, 4.69) is 34.5 Å². The number of hydrogen-bond acceptors (Lipinski definition) is 4. The van der Waals surface area contributed by atoms with Gasteiger partial charge in [0.25, 0.3) is 0 Å². The van der Waals surface area contributed by atoms with Crippen LogP contribution in [0.15, 0.2) is 59.1 Å². The van der Waals surface area contributed by atoms with Crippen molar-refractivity contribution in [3.8, 4) is 22.5 Å². The van der Waals surface area contributed by atoms with E-state index in [0.717, 1.165) is 24.0 Å². The SMILES string of the molecule is CCC[C@H](C)NC(=O)CCc1nc(-c2ccc(-c3ccccc3)cc2)no1. The maximum absolute atomic E-state index is 11.9. The van der Waals surface area contributed by atoms with Crippen molar-refractivity contribution in [3.63, 3.8) is 0 Å². The van der Waals surface area contributed by atoms with E-state index < -0.39 is 0 Å². The molecular weight excluding hydrogens is 338 g/mol. The number of nitrogens with zero attached hydrogens (tertiary/aromatic N) is 2. The van der Waals surface area contributed by atoms with Crippen LogP contribution in [0.5, 0.6) is 0 Å². The highest BCUT2D eigenvalue weighted by Crippen LogP contribution is 2.23. The van der Waals surface area contributed by atoms with Crippen LogP contribution in [0.1, 0.15) is 39.0 Å². The molecule has 1 N–H and O–H groups in total. The summed E-state index contributed by atoms with van der Waals surface area (Å²) in [4.78, 5) is 16.4. The molecule has 5 nitrogen and oxygen atoms in total. The fourth-order valence-corrected chi connectivity index (χ4v) is 2.99. The molecule has 1 heterocycles. The second-order valence-corrected chi connectivity index (χ2v) is 6.71. The Labute approximate surface area is 159 Å². The molecule has 3 aromatic rings. The van der Waals surface area contributed by atoms with Gasteiger partial charge in [-0.05, 0) is 24.5 Å². The van der Waals surface area contributed by atoms with Gasteiger partial charge in [-0.15, -0.1) is 0 Å². The minimum absolute atomic E-state index is 0.0166. The van der Waals surface area contributed by atoms with E-state index in [4.69, 9.17) is 4.52 Å². The molecule has 1 atom stereocenters. The summed E-state index contributed by atoms with van der Waals surface area (Å²) in [6.45, 7) is 4.13. The summed E-state index contributed by atoms with van der Waals surface area (Å²) >= 11 is 0. The van der Waals surface area contributed by atoms with Gasteiger partial charge in [-0.1, -0.05) is 73.1 Å². The molecule has 0 saturated carbocycles. The number of aromatic nitrogens is 2. The van der Waals surface area contributed by atoms with E-state index in [0.29, 0.717) is 24.6 Å². The number of carbonyl (C=O) groups is 1. The van der Waals surface area contributed by atoms with Crippen molar-refractivity contribution in [2.75, 3.05) is 0 Å². The Kier molecular flexibility index (Phi) is 6.36. The van der Waals surface area contributed by atoms with Gasteiger partial charge in [0, 0.05) is 24.4 Å². The molecule has 0 spiro atoms. The lowest BCUT2D eigenvalue weighted by Crippen LogP contribution is -2.32. The largest absolute Gasteiger partial charge is 0.354 e. The fourth-order valence-electron chi connectivity index (χ4n) is 2.99. The van der Waals surface area contributed by atoms with Gasteiger partial charge in [0.1, 0.15) is 0 Å². The van der Waals surface area contributed by atoms with Gasteiger partial charge in [-0.3, -0.25) is 4.79 Å². The minimum atomic E-state index is 0.0166. The Morgan fingerprint density at radius 2 is 1.70 bits per heavy atom. The molecule has 140 valence electrons. The molecule has 0 unspecified atom stereocenters. The van der Waals surface area contributed by atoms with E-state index in [9.17, 15) is 4.79 Å². The molecule has 0 radical (unpaired) electrons. The van der Waals surface area contributed by atoms with Crippen molar-refractivity contribution in [1.29, 1.82) is 0 Å². The van der Waals surface area contributed by atoms with Crippen molar-refractivity contribution in [3.05, 3.63) is 60.5 Å². The standard InChI is InChI=1S/C22H25N3O2/c1-3-7-16(2)23-20(26)14-15-21-24-22(25-27-21)19-12-10-18(11-13-19)17-8-5-4-6-9-17/h4-6,8-13,16H,3,7,14-15H2,1-2H3,(H,23,26)/t16-/m0/s1. The van der Waals surface area contributed by atoms with Crippen molar-refractivity contribution < 1.29 is 9.32 Å². The molecule has 0 aliphatic heterocycles. The summed E-state index contributed by atoms with van der Waals surface area (Å²) < 4.78 is 5.30. The number of aryl methyl sites for hydroxylation is 1. The van der Waals surface area contributed by atoms with Crippen molar-refractivity contribution in [1.82, 2.24) is 15.5 Å². The van der Waals surface area contributed by atoms with Crippen LogP contribution in [0.25, 0.3) is 22.5 Å². The molecule has 0 fully saturated rings. The number of amides is 1. The Balaban J connectivity index is 1.58. The van der Waals surface area contributed by atoms with Gasteiger partial charge < -0.3 is 9.84 Å². The lowest BCUT2D eigenvalue weighted by Gasteiger charge is -2.11. The third-order valence-electron chi connectivity index (χ3n) is 4.41. The third-order valence-corrected chi connectivity index (χ3v) is 4.41. The van der Waals surface area contributed by atoms with Crippen LogP contribution < -0.4 is 5.32 Å². The first-order valence-electron chi connectivity index (χ1n) is 9.43. The van der Waals surface area contributed by atoms with Gasteiger partial charge in [0.05, 0.1) is 0 Å². The molecule has 0 saturated heterocycles. The zero-order valence-electron chi connectivity index (χ0n) is 15.8. The first-order chi connectivity index (χ1) is 13.2. The van der Waals surface area contributed by atoms with Crippen LogP contribution >= 0.6 is 0 Å². The second kappa shape index (κ2) is 9.12. The monoisotopic (exact) mass is 363 g/mol. The van der Waals surface area contributed by atoms with Crippen LogP contribution in [-0.4, -0.2) is 22.1 Å². The number of nitrogens with one attached hydrogen (secondary N) is 1. The Hall–Kier alpha value is -2.95. The zero-order chi connectivity index (χ0) is 19.1. The summed E-state index contributed by atoms with van der Waals surface area (Å²) in [5.41, 5.74) is 3.20.